The van der Waals surface area contributed by atoms with Crippen molar-refractivity contribution >= 4 is 101 Å². The van der Waals surface area contributed by atoms with Crippen molar-refractivity contribution in [1.82, 2.24) is 9.13 Å². The second-order valence-corrected chi connectivity index (χ2v) is 33.4. The van der Waals surface area contributed by atoms with Crippen LogP contribution in [0, 0.1) is 0 Å². The van der Waals surface area contributed by atoms with Crippen LogP contribution in [0.3, 0.4) is 0 Å². The zero-order valence-corrected chi connectivity index (χ0v) is 66.7. The number of nitrogens with zero attached hydrogens (tertiary/aromatic N) is 4. The van der Waals surface area contributed by atoms with Crippen molar-refractivity contribution in [3.8, 4) is 100 Å². The summed E-state index contributed by atoms with van der Waals surface area (Å²) in [6.45, 7) is 16.6. The summed E-state index contributed by atoms with van der Waals surface area (Å²) in [5.41, 5.74) is -1.18. The Morgan fingerprint density at radius 3 is 0.874 bits per heavy atom. The first kappa shape index (κ1) is 48.5. The van der Waals surface area contributed by atoms with E-state index < -0.39 is 269 Å². The zero-order chi connectivity index (χ0) is 105. The van der Waals surface area contributed by atoms with Crippen molar-refractivity contribution in [1.29, 1.82) is 0 Å². The third kappa shape index (κ3) is 12.5. The van der Waals surface area contributed by atoms with Gasteiger partial charge in [0.15, 0.2) is 0 Å². The van der Waals surface area contributed by atoms with Gasteiger partial charge in [-0.2, -0.15) is 0 Å². The van der Waals surface area contributed by atoms with Gasteiger partial charge in [0.25, 0.3) is 6.71 Å². The van der Waals surface area contributed by atoms with Crippen LogP contribution in [0.15, 0.2) is 388 Å². The molecule has 0 radical (unpaired) electrons. The number of rotatable bonds is 12. The van der Waals surface area contributed by atoms with Crippen molar-refractivity contribution in [2.75, 3.05) is 9.80 Å². The molecule has 119 heavy (non-hydrogen) atoms. The Kier molecular flexibility index (Phi) is 11.6. The first-order valence-corrected chi connectivity index (χ1v) is 39.7. The lowest BCUT2D eigenvalue weighted by Crippen LogP contribution is -2.61. The van der Waals surface area contributed by atoms with Gasteiger partial charge in [-0.15, -0.1) is 0 Å². The fourth-order valence-corrected chi connectivity index (χ4v) is 16.8. The van der Waals surface area contributed by atoms with Crippen LogP contribution in [0.2, 0.25) is 0 Å². The fourth-order valence-electron chi connectivity index (χ4n) is 16.8. The monoisotopic (exact) mass is 1550 g/mol. The van der Waals surface area contributed by atoms with E-state index in [1.807, 2.05) is 176 Å². The smallest absolute Gasteiger partial charge is 0.252 e. The van der Waals surface area contributed by atoms with Gasteiger partial charge in [-0.1, -0.05) is 341 Å². The van der Waals surface area contributed by atoms with Crippen molar-refractivity contribution in [2.24, 2.45) is 0 Å². The van der Waals surface area contributed by atoms with E-state index in [4.69, 9.17) is 0 Å². The molecule has 0 spiro atoms. The van der Waals surface area contributed by atoms with Crippen LogP contribution in [-0.2, 0) is 16.2 Å². The Morgan fingerprint density at radius 2 is 0.538 bits per heavy atom. The predicted octanol–water partition coefficient (Wildman–Crippen LogP) is 29.2. The molecule has 21 rings (SSSR count). The molecule has 2 aromatic heterocycles. The largest absolute Gasteiger partial charge is 0.310 e. The second kappa shape index (κ2) is 28.4. The van der Waals surface area contributed by atoms with E-state index in [2.05, 4.69) is 53.7 Å². The normalized spacial score (nSPS) is 16.0. The molecule has 0 unspecified atom stereocenters. The highest BCUT2D eigenvalue weighted by Crippen LogP contribution is 2.56. The van der Waals surface area contributed by atoms with Crippen LogP contribution in [0.25, 0.3) is 144 Å². The molecule has 4 heterocycles. The van der Waals surface area contributed by atoms with Crippen LogP contribution in [0.4, 0.5) is 34.1 Å². The molecule has 17 aromatic carbocycles. The average Bonchev–Trinajstić information content (AvgIpc) is 1.66. The molecule has 0 aliphatic carbocycles. The fraction of sp³-hybridized carbons (Fsp3) is 0.105. The summed E-state index contributed by atoms with van der Waals surface area (Å²) in [6, 6.07) is 44.2. The molecule has 0 saturated heterocycles. The lowest BCUT2D eigenvalue weighted by Gasteiger charge is -2.47. The quantitative estimate of drug-likeness (QED) is 0.113. The maximum absolute atomic E-state index is 12.3. The van der Waals surface area contributed by atoms with Gasteiger partial charge in [-0.3, -0.25) is 0 Å². The summed E-state index contributed by atoms with van der Waals surface area (Å²) in [4.78, 5) is 3.69. The molecule has 0 atom stereocenters. The number of hydrogen-bond donors (Lipinski definition) is 0. The van der Waals surface area contributed by atoms with Crippen LogP contribution in [0.5, 0.6) is 0 Å². The Morgan fingerprint density at radius 1 is 0.244 bits per heavy atom. The van der Waals surface area contributed by atoms with Crippen molar-refractivity contribution in [3.05, 3.63) is 404 Å². The van der Waals surface area contributed by atoms with Crippen LogP contribution in [0.1, 0.15) is 117 Å². The molecule has 0 amide bonds. The first-order valence-electron chi connectivity index (χ1n) is 53.7. The third-order valence-corrected chi connectivity index (χ3v) is 22.8. The van der Waals surface area contributed by atoms with Gasteiger partial charge >= 0.3 is 0 Å². The molecule has 570 valence electrons. The minimum absolute atomic E-state index is 0.200. The summed E-state index contributed by atoms with van der Waals surface area (Å²) in [5.74, 6) is 0. The number of hydrogen-bond acceptors (Lipinski definition) is 2. The van der Waals surface area contributed by atoms with E-state index >= 15 is 0 Å². The SMILES string of the molecule is [2H]c1c([2H])c(-c2ccccc2)c([2H])c(-c2c([2H])c([2H])c3c(c2[2H])c2c([2H])c(-c4c([2H])c([2H])c([2H])c(-c5ccccc5)c4[2H])c([2H])c([2H])c2n3-c2c([2H])c([2H])c3c(c2[2H])N(c2c(-c4ccccc4)cc(C(C)(C)C)cc2-c2ccccc2)c2cc(C(C)(C)C)cc4c2B3c2c([2H])c([2H])c(-n3c5c([2H])c([2H])c([2H])c([2H])c5c5c([2H])c([2H])c([2H])c([2H])c53)c([2H])c2N4c2c(-c3ccccc3)cc(C(C)(C)C)cc2-c2ccccc2)c1[2H]. The summed E-state index contributed by atoms with van der Waals surface area (Å²) in [5, 5.41) is -1.95. The van der Waals surface area contributed by atoms with E-state index in [0.29, 0.717) is 61.4 Å². The van der Waals surface area contributed by atoms with Crippen LogP contribution < -0.4 is 26.2 Å². The van der Waals surface area contributed by atoms with E-state index in [0.717, 1.165) is 20.3 Å². The van der Waals surface area contributed by atoms with Crippen molar-refractivity contribution in [3.63, 3.8) is 0 Å². The number of fused-ring (bicyclic) bond motifs is 10. The van der Waals surface area contributed by atoms with Gasteiger partial charge in [0.2, 0.25) is 0 Å². The first-order chi connectivity index (χ1) is 69.7. The molecule has 0 fully saturated rings. The predicted molar refractivity (Wildman–Crippen MR) is 509 cm³/mol. The Labute approximate surface area is 738 Å². The minimum Gasteiger partial charge on any atom is -0.310 e. The zero-order valence-electron chi connectivity index (χ0n) is 94.7. The molecule has 0 N–H and O–H groups in total. The molecule has 0 saturated carbocycles. The maximum Gasteiger partial charge on any atom is 0.252 e. The van der Waals surface area contributed by atoms with Crippen molar-refractivity contribution in [2.45, 2.75) is 78.6 Å². The van der Waals surface area contributed by atoms with E-state index in [9.17, 15) is 38.4 Å². The number of aromatic nitrogens is 2. The van der Waals surface area contributed by atoms with E-state index in [1.54, 1.807) is 60.7 Å². The molecule has 0 bridgehead atoms. The van der Waals surface area contributed by atoms with Gasteiger partial charge in [0.1, 0.15) is 0 Å². The average molecular weight is 1560 g/mol. The topological polar surface area (TPSA) is 16.3 Å². The Bertz CT molecular complexity index is 8590. The molecular weight excluding hydrogens is 1440 g/mol. The number of benzene rings is 17. The lowest BCUT2D eigenvalue weighted by atomic mass is 9.33. The van der Waals surface area contributed by atoms with Crippen molar-refractivity contribution < 1.29 is 38.4 Å². The molecule has 5 heteroatoms. The Balaban J connectivity index is 1.02. The summed E-state index contributed by atoms with van der Waals surface area (Å²) < 4.78 is 292. The molecular formula is C114H91BN4. The minimum atomic E-state index is -1.78. The van der Waals surface area contributed by atoms with Gasteiger partial charge in [-0.25, -0.2) is 0 Å². The Hall–Kier alpha value is -14.0. The summed E-state index contributed by atoms with van der Waals surface area (Å²) in [6.07, 6.45) is 0. The van der Waals surface area contributed by atoms with Gasteiger partial charge in [-0.05, 0) is 225 Å². The highest BCUT2D eigenvalue weighted by atomic mass is 15.2. The lowest BCUT2D eigenvalue weighted by molar-refractivity contribution is 0.590. The number of para-hydroxylation sites is 2. The van der Waals surface area contributed by atoms with Gasteiger partial charge in [0, 0.05) is 77.9 Å². The maximum atomic E-state index is 12.3. The molecule has 4 nitrogen and oxygen atoms in total. The summed E-state index contributed by atoms with van der Waals surface area (Å²) in [7, 11) is 0. The third-order valence-electron chi connectivity index (χ3n) is 22.8. The molecule has 19 aromatic rings. The van der Waals surface area contributed by atoms with E-state index in [-0.39, 0.29) is 61.4 Å². The second-order valence-electron chi connectivity index (χ2n) is 33.4. The van der Waals surface area contributed by atoms with E-state index in [1.165, 1.54) is 0 Å². The highest BCUT2D eigenvalue weighted by Gasteiger charge is 2.47. The van der Waals surface area contributed by atoms with Crippen LogP contribution in [-0.4, -0.2) is 15.8 Å². The summed E-state index contributed by atoms with van der Waals surface area (Å²) >= 11 is 0. The van der Waals surface area contributed by atoms with Gasteiger partial charge in [0.05, 0.1) is 71.8 Å². The van der Waals surface area contributed by atoms with Crippen LogP contribution >= 0.6 is 0 Å². The molecule has 2 aliphatic rings. The number of anilines is 6. The molecule has 2 aliphatic heterocycles. The highest BCUT2D eigenvalue weighted by molar-refractivity contribution is 7.00. The van der Waals surface area contributed by atoms with Gasteiger partial charge < -0.3 is 18.9 Å². The standard InChI is InChI=1S/C114H91BN4/c1-112(2,3)86-66-93(76-38-20-12-21-39-76)110(94(67-86)77-40-22-13-23-41-77)118-105-72-89(116-101-52-30-28-50-91(101)92-51-29-31-53-102(92)116)56-58-99(105)115-100-59-57-90(73-106(100)119(108-71-88(114(7,8)9)70-107(118)109(108)115)111-95(78-42-24-14-25-43-78)68-87(113(4,5)6)69-96(111)79-44-26-15-27-45-79)117-103-60-54-84(82-48-32-46-80(62-82)74-34-16-10-17-35-74)64-97(103)98-65-85(55-61-104(98)117)83-49-33-47-81(63-83)75-36-18-11-19-37-75/h10-73H,1-9H3/i28D,29D,30D,31D,32D,33D,46D,47D,48D,49D,50D,51D,52D,53D,54D,55D,56D,57D,58D,59D,60D,61D,62D,63D,64D,65D,72D,73D.